The summed E-state index contributed by atoms with van der Waals surface area (Å²) in [6, 6.07) is 0. The van der Waals surface area contributed by atoms with Crippen molar-refractivity contribution in [2.45, 2.75) is 51.6 Å². The van der Waals surface area contributed by atoms with Crippen molar-refractivity contribution in [2.24, 2.45) is 0 Å². The molecule has 0 aromatic carbocycles. The van der Waals surface area contributed by atoms with Gasteiger partial charge in [0.25, 0.3) is 0 Å². The fourth-order valence-electron chi connectivity index (χ4n) is 2.04. The minimum atomic E-state index is -1.44. The summed E-state index contributed by atoms with van der Waals surface area (Å²) in [4.78, 5) is 0. The highest BCUT2D eigenvalue weighted by atomic mass is 28.4. The highest BCUT2D eigenvalue weighted by molar-refractivity contribution is 6.70. The predicted octanol–water partition coefficient (Wildman–Crippen LogP) is 3.93. The maximum absolute atomic E-state index is 6.14. The van der Waals surface area contributed by atoms with Gasteiger partial charge in [0, 0.05) is 8.80 Å². The Morgan fingerprint density at radius 3 is 2.33 bits per heavy atom. The van der Waals surface area contributed by atoms with Gasteiger partial charge in [0.05, 0.1) is 0 Å². The summed E-state index contributed by atoms with van der Waals surface area (Å²) in [7, 11) is -2.05. The topological polar surface area (TPSA) is 9.23 Å². The van der Waals surface area contributed by atoms with Gasteiger partial charge in [0.1, 0.15) is 5.76 Å². The normalized spacial score (nSPS) is 21.7. The number of allylic oxidation sites excluding steroid dienone is 3. The van der Waals surface area contributed by atoms with E-state index in [0.717, 1.165) is 12.0 Å². The van der Waals surface area contributed by atoms with Gasteiger partial charge in [-0.25, -0.2) is 0 Å². The van der Waals surface area contributed by atoms with E-state index in [2.05, 4.69) is 51.8 Å². The summed E-state index contributed by atoms with van der Waals surface area (Å²) < 4.78 is 6.14. The van der Waals surface area contributed by atoms with E-state index in [-0.39, 0.29) is 0 Å². The smallest absolute Gasteiger partial charge is 0.242 e. The van der Waals surface area contributed by atoms with Crippen molar-refractivity contribution in [1.82, 2.24) is 0 Å². The van der Waals surface area contributed by atoms with E-state index >= 15 is 0 Å². The van der Waals surface area contributed by atoms with Crippen molar-refractivity contribution in [3.63, 3.8) is 0 Å². The van der Waals surface area contributed by atoms with E-state index in [1.807, 2.05) is 0 Å². The molecular weight excluding hydrogens is 216 g/mol. The lowest BCUT2D eigenvalue weighted by molar-refractivity contribution is 0.435. The van der Waals surface area contributed by atoms with Crippen LogP contribution in [0.4, 0.5) is 0 Å². The molecule has 0 saturated heterocycles. The highest BCUT2D eigenvalue weighted by Gasteiger charge is 2.26. The zero-order valence-corrected chi connectivity index (χ0v) is 13.1. The van der Waals surface area contributed by atoms with Gasteiger partial charge in [-0.05, 0) is 43.3 Å². The van der Waals surface area contributed by atoms with Crippen LogP contribution < -0.4 is 0 Å². The highest BCUT2D eigenvalue weighted by Crippen LogP contribution is 2.36. The Balaban J connectivity index is 2.86. The van der Waals surface area contributed by atoms with Crippen LogP contribution in [0.5, 0.6) is 0 Å². The van der Waals surface area contributed by atoms with Crippen molar-refractivity contribution >= 4 is 17.1 Å². The first-order chi connectivity index (χ1) is 6.85. The molecule has 15 heavy (non-hydrogen) atoms. The van der Waals surface area contributed by atoms with Crippen molar-refractivity contribution in [2.75, 3.05) is 0 Å². The zero-order chi connectivity index (χ0) is 11.6. The van der Waals surface area contributed by atoms with Crippen molar-refractivity contribution in [3.8, 4) is 0 Å². The van der Waals surface area contributed by atoms with Gasteiger partial charge in [-0.1, -0.05) is 26.1 Å². The fraction of sp³-hybridized carbons (Fsp3) is 0.667. The van der Waals surface area contributed by atoms with Crippen LogP contribution in [0.3, 0.4) is 0 Å². The average Bonchev–Trinajstić information content (AvgIpc) is 2.44. The Morgan fingerprint density at radius 2 is 1.93 bits per heavy atom. The van der Waals surface area contributed by atoms with Crippen LogP contribution in [0, 0.1) is 0 Å². The molecule has 0 N–H and O–H groups in total. The molecule has 0 aromatic rings. The quantitative estimate of drug-likeness (QED) is 0.677. The van der Waals surface area contributed by atoms with Crippen LogP contribution >= 0.6 is 0 Å². The molecular formula is C12H24OSi2. The molecule has 1 aliphatic rings. The van der Waals surface area contributed by atoms with Crippen LogP contribution in [0.15, 0.2) is 23.5 Å². The second kappa shape index (κ2) is 4.70. The molecule has 0 fully saturated rings. The van der Waals surface area contributed by atoms with Crippen LogP contribution in [0.2, 0.25) is 38.3 Å². The van der Waals surface area contributed by atoms with Gasteiger partial charge in [0.15, 0.2) is 0 Å². The molecule has 1 atom stereocenters. The van der Waals surface area contributed by atoms with E-state index in [1.165, 1.54) is 5.76 Å². The number of hydrogen-bond donors (Lipinski definition) is 0. The third-order valence-corrected chi connectivity index (χ3v) is 5.58. The first-order valence-corrected chi connectivity index (χ1v) is 12.3. The molecule has 1 unspecified atom stereocenters. The Morgan fingerprint density at radius 1 is 1.33 bits per heavy atom. The third-order valence-electron chi connectivity index (χ3n) is 2.69. The Kier molecular flexibility index (Phi) is 4.01. The molecule has 86 valence electrons. The van der Waals surface area contributed by atoms with Gasteiger partial charge in [-0.2, -0.15) is 0 Å². The van der Waals surface area contributed by atoms with Crippen molar-refractivity contribution in [1.29, 1.82) is 0 Å². The second-order valence-electron chi connectivity index (χ2n) is 5.59. The molecule has 0 radical (unpaired) electrons. The summed E-state index contributed by atoms with van der Waals surface area (Å²) in [5.74, 6) is 1.20. The Bertz CT molecular complexity index is 284. The summed E-state index contributed by atoms with van der Waals surface area (Å²) in [6.07, 6.45) is 5.72. The maximum Gasteiger partial charge on any atom is 0.242 e. The van der Waals surface area contributed by atoms with Gasteiger partial charge in [0.2, 0.25) is 8.32 Å². The van der Waals surface area contributed by atoms with Crippen LogP contribution in [-0.4, -0.2) is 17.1 Å². The van der Waals surface area contributed by atoms with Gasteiger partial charge in [-0.15, -0.1) is 0 Å². The lowest BCUT2D eigenvalue weighted by Crippen LogP contribution is -2.25. The van der Waals surface area contributed by atoms with E-state index < -0.39 is 17.1 Å². The minimum absolute atomic E-state index is 0.614. The van der Waals surface area contributed by atoms with Gasteiger partial charge >= 0.3 is 0 Å². The predicted molar refractivity (Wildman–Crippen MR) is 73.5 cm³/mol. The molecule has 0 bridgehead atoms. The fourth-order valence-corrected chi connectivity index (χ4v) is 4.66. The molecule has 0 saturated carbocycles. The Labute approximate surface area is 97.0 Å². The SMILES string of the molecule is CCC1=C(O[Si](C)(C)C)C=CC1[SiH](C)C. The first-order valence-electron chi connectivity index (χ1n) is 5.95. The molecule has 1 nitrogen and oxygen atoms in total. The lowest BCUT2D eigenvalue weighted by atomic mass is 10.2. The molecule has 0 heterocycles. The minimum Gasteiger partial charge on any atom is -0.544 e. The first kappa shape index (κ1) is 12.8. The molecule has 3 heteroatoms. The average molecular weight is 240 g/mol. The molecule has 0 aliphatic heterocycles. The molecule has 1 rings (SSSR count). The summed E-state index contributed by atoms with van der Waals surface area (Å²) in [5.41, 5.74) is 2.29. The number of hydrogen-bond acceptors (Lipinski definition) is 1. The summed E-state index contributed by atoms with van der Waals surface area (Å²) >= 11 is 0. The van der Waals surface area contributed by atoms with Crippen LogP contribution in [0.1, 0.15) is 13.3 Å². The summed E-state index contributed by atoms with van der Waals surface area (Å²) in [6.45, 7) is 13.8. The van der Waals surface area contributed by atoms with Crippen molar-refractivity contribution < 1.29 is 4.43 Å². The third kappa shape index (κ3) is 3.35. The maximum atomic E-state index is 6.14. The monoisotopic (exact) mass is 240 g/mol. The largest absolute Gasteiger partial charge is 0.544 e. The van der Waals surface area contributed by atoms with Crippen molar-refractivity contribution in [3.05, 3.63) is 23.5 Å². The molecule has 0 amide bonds. The van der Waals surface area contributed by atoms with E-state index in [9.17, 15) is 0 Å². The van der Waals surface area contributed by atoms with Crippen LogP contribution in [0.25, 0.3) is 0 Å². The zero-order valence-electron chi connectivity index (χ0n) is 10.9. The number of rotatable bonds is 4. The van der Waals surface area contributed by atoms with Gasteiger partial charge < -0.3 is 4.43 Å². The molecule has 0 spiro atoms. The standard InChI is InChI=1S/C12H24OSi2/c1-7-10-11(13-15(4,5)6)8-9-12(10)14(2)3/h8-9,12,14H,7H2,1-6H3. The van der Waals surface area contributed by atoms with E-state index in [1.54, 1.807) is 5.57 Å². The summed E-state index contributed by atoms with van der Waals surface area (Å²) in [5, 5.41) is 0. The lowest BCUT2D eigenvalue weighted by Gasteiger charge is -2.22. The van der Waals surface area contributed by atoms with E-state index in [0.29, 0.717) is 0 Å². The van der Waals surface area contributed by atoms with E-state index in [4.69, 9.17) is 4.43 Å². The Hall–Kier alpha value is -0.286. The molecule has 0 aromatic heterocycles. The van der Waals surface area contributed by atoms with Crippen LogP contribution in [-0.2, 0) is 4.43 Å². The second-order valence-corrected chi connectivity index (χ2v) is 13.2. The molecule has 1 aliphatic carbocycles. The van der Waals surface area contributed by atoms with Gasteiger partial charge in [-0.3, -0.25) is 0 Å².